The van der Waals surface area contributed by atoms with Crippen LogP contribution in [0.1, 0.15) is 50.5 Å². The van der Waals surface area contributed by atoms with Crippen LogP contribution in [0.25, 0.3) is 0 Å². The summed E-state index contributed by atoms with van der Waals surface area (Å²) in [5.41, 5.74) is 1.41. The van der Waals surface area contributed by atoms with Gasteiger partial charge in [-0.3, -0.25) is 0 Å². The molecule has 1 N–H and O–H groups in total. The third-order valence-corrected chi connectivity index (χ3v) is 5.18. The Labute approximate surface area is 128 Å². The first-order valence-electron chi connectivity index (χ1n) is 8.29. The van der Waals surface area contributed by atoms with E-state index in [1.54, 1.807) is 0 Å². The Kier molecular flexibility index (Phi) is 5.01. The van der Waals surface area contributed by atoms with Crippen molar-refractivity contribution >= 4 is 11.6 Å². The average molecular weight is 292 g/mol. The molecule has 2 saturated carbocycles. The largest absolute Gasteiger partial charge is 0.314 e. The highest BCUT2D eigenvalue weighted by Gasteiger charge is 2.27. The van der Waals surface area contributed by atoms with E-state index in [-0.39, 0.29) is 0 Å². The van der Waals surface area contributed by atoms with Gasteiger partial charge in [-0.25, -0.2) is 0 Å². The van der Waals surface area contributed by atoms with Crippen LogP contribution in [0.2, 0.25) is 5.02 Å². The summed E-state index contributed by atoms with van der Waals surface area (Å²) in [5.74, 6) is 1.70. The minimum atomic E-state index is 0.786. The van der Waals surface area contributed by atoms with Gasteiger partial charge in [-0.05, 0) is 55.3 Å². The second-order valence-corrected chi connectivity index (χ2v) is 7.11. The highest BCUT2D eigenvalue weighted by atomic mass is 35.5. The van der Waals surface area contributed by atoms with Gasteiger partial charge in [0.1, 0.15) is 0 Å². The Balaban J connectivity index is 1.63. The molecule has 0 radical (unpaired) electrons. The van der Waals surface area contributed by atoms with Crippen LogP contribution in [0.15, 0.2) is 24.3 Å². The Morgan fingerprint density at radius 2 is 1.90 bits per heavy atom. The standard InChI is InChI=1S/C18H26ClN/c19-17-8-4-5-14(12-17)11-16(13-20-18-9-10-18)15-6-2-1-3-7-15/h4-5,8,12,15-16,18,20H,1-3,6-7,9-11,13H2. The predicted molar refractivity (Wildman–Crippen MR) is 86.2 cm³/mol. The van der Waals surface area contributed by atoms with Crippen molar-refractivity contribution in [3.63, 3.8) is 0 Å². The van der Waals surface area contributed by atoms with Gasteiger partial charge in [0.05, 0.1) is 0 Å². The first-order valence-corrected chi connectivity index (χ1v) is 8.67. The summed E-state index contributed by atoms with van der Waals surface area (Å²) in [6.07, 6.45) is 11.1. The third-order valence-electron chi connectivity index (χ3n) is 4.95. The predicted octanol–water partition coefficient (Wildman–Crippen LogP) is 4.83. The maximum absolute atomic E-state index is 6.14. The molecule has 1 unspecified atom stereocenters. The summed E-state index contributed by atoms with van der Waals surface area (Å²) < 4.78 is 0. The monoisotopic (exact) mass is 291 g/mol. The Bertz CT molecular complexity index is 421. The molecule has 2 heteroatoms. The van der Waals surface area contributed by atoms with Crippen molar-refractivity contribution in [2.45, 2.75) is 57.4 Å². The fourth-order valence-electron chi connectivity index (χ4n) is 3.58. The van der Waals surface area contributed by atoms with E-state index >= 15 is 0 Å². The number of hydrogen-bond donors (Lipinski definition) is 1. The molecule has 0 spiro atoms. The van der Waals surface area contributed by atoms with E-state index in [2.05, 4.69) is 23.5 Å². The van der Waals surface area contributed by atoms with Gasteiger partial charge in [0, 0.05) is 11.1 Å². The molecule has 0 aromatic heterocycles. The molecule has 1 atom stereocenters. The van der Waals surface area contributed by atoms with Crippen molar-refractivity contribution in [2.75, 3.05) is 6.54 Å². The maximum Gasteiger partial charge on any atom is 0.0408 e. The van der Waals surface area contributed by atoms with Crippen molar-refractivity contribution < 1.29 is 0 Å². The van der Waals surface area contributed by atoms with Gasteiger partial charge < -0.3 is 5.32 Å². The normalized spacial score (nSPS) is 21.9. The highest BCUT2D eigenvalue weighted by Crippen LogP contribution is 2.32. The highest BCUT2D eigenvalue weighted by molar-refractivity contribution is 6.30. The van der Waals surface area contributed by atoms with Crippen LogP contribution in [0, 0.1) is 11.8 Å². The van der Waals surface area contributed by atoms with Crippen molar-refractivity contribution in [3.05, 3.63) is 34.9 Å². The summed E-state index contributed by atoms with van der Waals surface area (Å²) >= 11 is 6.14. The Morgan fingerprint density at radius 3 is 2.60 bits per heavy atom. The lowest BCUT2D eigenvalue weighted by molar-refractivity contribution is 0.239. The number of rotatable bonds is 6. The van der Waals surface area contributed by atoms with Crippen LogP contribution >= 0.6 is 11.6 Å². The van der Waals surface area contributed by atoms with E-state index < -0.39 is 0 Å². The summed E-state index contributed by atoms with van der Waals surface area (Å²) in [6, 6.07) is 9.26. The maximum atomic E-state index is 6.14. The fourth-order valence-corrected chi connectivity index (χ4v) is 3.80. The molecule has 1 nitrogen and oxygen atoms in total. The number of benzene rings is 1. The summed E-state index contributed by atoms with van der Waals surface area (Å²) in [6.45, 7) is 1.20. The van der Waals surface area contributed by atoms with Crippen LogP contribution in [0.3, 0.4) is 0 Å². The van der Waals surface area contributed by atoms with E-state index in [0.29, 0.717) is 0 Å². The summed E-state index contributed by atoms with van der Waals surface area (Å²) in [7, 11) is 0. The Hall–Kier alpha value is -0.530. The van der Waals surface area contributed by atoms with Crippen molar-refractivity contribution in [2.24, 2.45) is 11.8 Å². The molecule has 0 saturated heterocycles. The minimum absolute atomic E-state index is 0.786. The summed E-state index contributed by atoms with van der Waals surface area (Å²) in [4.78, 5) is 0. The first-order chi connectivity index (χ1) is 9.81. The molecular formula is C18H26ClN. The molecule has 0 amide bonds. The number of halogens is 1. The van der Waals surface area contributed by atoms with Crippen LogP contribution in [-0.4, -0.2) is 12.6 Å². The van der Waals surface area contributed by atoms with E-state index in [4.69, 9.17) is 11.6 Å². The van der Waals surface area contributed by atoms with Crippen molar-refractivity contribution in [1.82, 2.24) is 5.32 Å². The van der Waals surface area contributed by atoms with Gasteiger partial charge in [0.15, 0.2) is 0 Å². The minimum Gasteiger partial charge on any atom is -0.314 e. The molecule has 2 aliphatic rings. The molecular weight excluding hydrogens is 266 g/mol. The van der Waals surface area contributed by atoms with Gasteiger partial charge in [-0.1, -0.05) is 55.8 Å². The molecule has 20 heavy (non-hydrogen) atoms. The molecule has 2 fully saturated rings. The zero-order valence-corrected chi connectivity index (χ0v) is 13.0. The van der Waals surface area contributed by atoms with Crippen LogP contribution in [0.5, 0.6) is 0 Å². The van der Waals surface area contributed by atoms with Crippen LogP contribution < -0.4 is 5.32 Å². The van der Waals surface area contributed by atoms with Crippen molar-refractivity contribution in [1.29, 1.82) is 0 Å². The van der Waals surface area contributed by atoms with Gasteiger partial charge in [0.2, 0.25) is 0 Å². The van der Waals surface area contributed by atoms with E-state index in [9.17, 15) is 0 Å². The molecule has 2 aliphatic carbocycles. The van der Waals surface area contributed by atoms with Crippen LogP contribution in [-0.2, 0) is 6.42 Å². The topological polar surface area (TPSA) is 12.0 Å². The van der Waals surface area contributed by atoms with Gasteiger partial charge in [-0.15, -0.1) is 0 Å². The molecule has 1 aromatic carbocycles. The fraction of sp³-hybridized carbons (Fsp3) is 0.667. The first kappa shape index (κ1) is 14.4. The molecule has 0 aliphatic heterocycles. The Morgan fingerprint density at radius 1 is 1.10 bits per heavy atom. The molecule has 110 valence electrons. The molecule has 0 heterocycles. The van der Waals surface area contributed by atoms with E-state index in [1.807, 2.05) is 6.07 Å². The van der Waals surface area contributed by atoms with Gasteiger partial charge in [-0.2, -0.15) is 0 Å². The quantitative estimate of drug-likeness (QED) is 0.791. The molecule has 1 aromatic rings. The van der Waals surface area contributed by atoms with Crippen molar-refractivity contribution in [3.8, 4) is 0 Å². The third kappa shape index (κ3) is 4.23. The smallest absolute Gasteiger partial charge is 0.0408 e. The average Bonchev–Trinajstić information content (AvgIpc) is 3.29. The lowest BCUT2D eigenvalue weighted by Crippen LogP contribution is -2.32. The molecule has 0 bridgehead atoms. The lowest BCUT2D eigenvalue weighted by atomic mass is 9.77. The second-order valence-electron chi connectivity index (χ2n) is 6.67. The van der Waals surface area contributed by atoms with E-state index in [1.165, 1.54) is 63.5 Å². The SMILES string of the molecule is Clc1cccc(CC(CNC2CC2)C2CCCCC2)c1. The second kappa shape index (κ2) is 6.95. The van der Waals surface area contributed by atoms with Gasteiger partial charge in [0.25, 0.3) is 0 Å². The lowest BCUT2D eigenvalue weighted by Gasteiger charge is -2.31. The zero-order chi connectivity index (χ0) is 13.8. The number of nitrogens with one attached hydrogen (secondary N) is 1. The van der Waals surface area contributed by atoms with Crippen LogP contribution in [0.4, 0.5) is 0 Å². The van der Waals surface area contributed by atoms with E-state index in [0.717, 1.165) is 22.9 Å². The van der Waals surface area contributed by atoms with Gasteiger partial charge >= 0.3 is 0 Å². The zero-order valence-electron chi connectivity index (χ0n) is 12.3. The molecule has 3 rings (SSSR count). The summed E-state index contributed by atoms with van der Waals surface area (Å²) in [5, 5.41) is 4.63. The number of hydrogen-bond acceptors (Lipinski definition) is 1.